The molecular formula is C20H37N4O2S+. The first-order valence-electron chi connectivity index (χ1n) is 9.68. The lowest BCUT2D eigenvalue weighted by atomic mass is 9.84. The molecular weight excluding hydrogens is 360 g/mol. The number of thiazole rings is 1. The van der Waals surface area contributed by atoms with Crippen molar-refractivity contribution < 1.29 is 14.5 Å². The number of quaternary nitrogens is 1. The highest BCUT2D eigenvalue weighted by Crippen LogP contribution is 2.26. The smallest absolute Gasteiger partial charge is 0.245 e. The van der Waals surface area contributed by atoms with E-state index in [9.17, 15) is 9.59 Å². The molecule has 1 rings (SSSR count). The molecule has 0 aliphatic heterocycles. The van der Waals surface area contributed by atoms with E-state index >= 15 is 0 Å². The van der Waals surface area contributed by atoms with Gasteiger partial charge in [0.2, 0.25) is 11.8 Å². The van der Waals surface area contributed by atoms with Crippen LogP contribution in [0.4, 0.5) is 5.13 Å². The highest BCUT2D eigenvalue weighted by atomic mass is 32.1. The minimum absolute atomic E-state index is 0.0506. The summed E-state index contributed by atoms with van der Waals surface area (Å²) in [6.07, 6.45) is 1.46. The number of hydrogen-bond donors (Lipinski definition) is 2. The van der Waals surface area contributed by atoms with Crippen molar-refractivity contribution in [2.45, 2.75) is 54.4 Å². The highest BCUT2D eigenvalue weighted by molar-refractivity contribution is 7.15. The predicted octanol–water partition coefficient (Wildman–Crippen LogP) is 2.13. The molecule has 0 radical (unpaired) electrons. The number of aromatic nitrogens is 1. The molecule has 2 N–H and O–H groups in total. The van der Waals surface area contributed by atoms with E-state index in [1.807, 2.05) is 27.9 Å². The molecule has 27 heavy (non-hydrogen) atoms. The molecule has 0 bridgehead atoms. The van der Waals surface area contributed by atoms with E-state index in [0.717, 1.165) is 23.5 Å². The van der Waals surface area contributed by atoms with E-state index in [4.69, 9.17) is 0 Å². The highest BCUT2D eigenvalue weighted by Gasteiger charge is 2.23. The monoisotopic (exact) mass is 397 g/mol. The quantitative estimate of drug-likeness (QED) is 0.671. The second-order valence-corrected chi connectivity index (χ2v) is 10.3. The fourth-order valence-electron chi connectivity index (χ4n) is 3.05. The third-order valence-corrected chi connectivity index (χ3v) is 5.32. The summed E-state index contributed by atoms with van der Waals surface area (Å²) in [6.45, 7) is 14.0. The van der Waals surface area contributed by atoms with Crippen LogP contribution in [0.3, 0.4) is 0 Å². The van der Waals surface area contributed by atoms with E-state index in [1.165, 1.54) is 16.2 Å². The molecule has 0 aliphatic rings. The number of carbonyl (C=O) groups excluding carboxylic acids is 2. The number of amides is 2. The van der Waals surface area contributed by atoms with Gasteiger partial charge in [0, 0.05) is 11.3 Å². The van der Waals surface area contributed by atoms with Gasteiger partial charge in [0.05, 0.1) is 32.9 Å². The van der Waals surface area contributed by atoms with Crippen LogP contribution in [0.25, 0.3) is 0 Å². The summed E-state index contributed by atoms with van der Waals surface area (Å²) < 4.78 is 0. The second-order valence-electron chi connectivity index (χ2n) is 9.06. The number of anilines is 1. The van der Waals surface area contributed by atoms with Crippen molar-refractivity contribution >= 4 is 28.3 Å². The van der Waals surface area contributed by atoms with Crippen LogP contribution in [0.1, 0.15) is 51.1 Å². The Morgan fingerprint density at radius 2 is 1.89 bits per heavy atom. The van der Waals surface area contributed by atoms with Gasteiger partial charge in [0.1, 0.15) is 6.54 Å². The van der Waals surface area contributed by atoms with E-state index in [0.29, 0.717) is 24.0 Å². The summed E-state index contributed by atoms with van der Waals surface area (Å²) in [4.78, 5) is 33.7. The van der Waals surface area contributed by atoms with Crippen molar-refractivity contribution in [3.05, 3.63) is 10.6 Å². The normalized spacial score (nSPS) is 12.9. The Bertz CT molecular complexity index is 615. The van der Waals surface area contributed by atoms with Gasteiger partial charge in [0.15, 0.2) is 5.13 Å². The van der Waals surface area contributed by atoms with Crippen LogP contribution in [0.5, 0.6) is 0 Å². The molecule has 6 nitrogen and oxygen atoms in total. The molecule has 1 atom stereocenters. The van der Waals surface area contributed by atoms with Gasteiger partial charge in [-0.3, -0.25) is 9.59 Å². The molecule has 0 fully saturated rings. The van der Waals surface area contributed by atoms with Gasteiger partial charge < -0.3 is 15.1 Å². The Labute approximate surface area is 168 Å². The number of nitrogens with zero attached hydrogens (tertiary/aromatic N) is 2. The minimum Gasteiger partial charge on any atom is -0.338 e. The van der Waals surface area contributed by atoms with Crippen LogP contribution in [-0.2, 0) is 9.59 Å². The van der Waals surface area contributed by atoms with Gasteiger partial charge in [-0.1, -0.05) is 27.7 Å². The van der Waals surface area contributed by atoms with Crippen LogP contribution >= 0.6 is 11.3 Å². The number of likely N-dealkylation sites (N-methyl/N-ethyl adjacent to an activating group) is 1. The van der Waals surface area contributed by atoms with E-state index in [2.05, 4.69) is 38.0 Å². The zero-order chi connectivity index (χ0) is 20.8. The maximum absolute atomic E-state index is 12.8. The van der Waals surface area contributed by atoms with Gasteiger partial charge in [0.25, 0.3) is 0 Å². The molecule has 2 amide bonds. The topological polar surface area (TPSA) is 66.7 Å². The number of carbonyl (C=O) groups is 2. The number of nitrogens with one attached hydrogen (secondary N) is 2. The molecule has 0 saturated heterocycles. The Morgan fingerprint density at radius 3 is 2.37 bits per heavy atom. The third-order valence-electron chi connectivity index (χ3n) is 4.33. The lowest BCUT2D eigenvalue weighted by Crippen LogP contribution is -3.06. The van der Waals surface area contributed by atoms with Crippen LogP contribution in [0.15, 0.2) is 0 Å². The molecule has 7 heteroatoms. The molecule has 0 aromatic carbocycles. The van der Waals surface area contributed by atoms with Crippen LogP contribution in [-0.4, -0.2) is 55.4 Å². The average Bonchev–Trinajstić information content (AvgIpc) is 2.78. The molecule has 154 valence electrons. The average molecular weight is 398 g/mol. The van der Waals surface area contributed by atoms with Crippen molar-refractivity contribution in [2.75, 3.05) is 39.0 Å². The standard InChI is InChI=1S/C20H36N4O2S/c1-14(12-20(4,5)6)11-18(26)24(10-9-23(7)8)13-17(25)22-19-21-15(2)16(3)27-19/h14H,9-13H2,1-8H3,(H,21,22,25)/p+1/t14-/m0/s1. The van der Waals surface area contributed by atoms with Crippen molar-refractivity contribution in [2.24, 2.45) is 11.3 Å². The Morgan fingerprint density at radius 1 is 1.26 bits per heavy atom. The zero-order valence-corrected chi connectivity index (χ0v) is 19.0. The van der Waals surface area contributed by atoms with Gasteiger partial charge in [-0.05, 0) is 31.6 Å². The van der Waals surface area contributed by atoms with Gasteiger partial charge in [-0.15, -0.1) is 11.3 Å². The largest absolute Gasteiger partial charge is 0.338 e. The first kappa shape index (κ1) is 23.6. The molecule has 1 heterocycles. The van der Waals surface area contributed by atoms with Crippen molar-refractivity contribution in [1.82, 2.24) is 9.88 Å². The summed E-state index contributed by atoms with van der Waals surface area (Å²) in [5.41, 5.74) is 1.12. The minimum atomic E-state index is -0.186. The van der Waals surface area contributed by atoms with E-state index in [1.54, 1.807) is 4.90 Å². The number of aryl methyl sites for hydroxylation is 2. The molecule has 1 aromatic heterocycles. The van der Waals surface area contributed by atoms with Crippen LogP contribution in [0.2, 0.25) is 0 Å². The fraction of sp³-hybridized carbons (Fsp3) is 0.750. The van der Waals surface area contributed by atoms with Crippen LogP contribution in [0, 0.1) is 25.2 Å². The van der Waals surface area contributed by atoms with E-state index in [-0.39, 0.29) is 23.8 Å². The zero-order valence-electron chi connectivity index (χ0n) is 18.2. The summed E-state index contributed by atoms with van der Waals surface area (Å²) in [6, 6.07) is 0. The summed E-state index contributed by atoms with van der Waals surface area (Å²) in [5, 5.41) is 3.43. The first-order valence-corrected chi connectivity index (χ1v) is 10.5. The maximum atomic E-state index is 12.8. The molecule has 0 spiro atoms. The van der Waals surface area contributed by atoms with Crippen molar-refractivity contribution in [3.63, 3.8) is 0 Å². The Hall–Kier alpha value is -1.47. The Kier molecular flexibility index (Phi) is 8.88. The van der Waals surface area contributed by atoms with Crippen molar-refractivity contribution in [3.8, 4) is 0 Å². The van der Waals surface area contributed by atoms with Crippen LogP contribution < -0.4 is 10.2 Å². The predicted molar refractivity (Wildman–Crippen MR) is 112 cm³/mol. The molecule has 0 unspecified atom stereocenters. The van der Waals surface area contributed by atoms with E-state index < -0.39 is 0 Å². The SMILES string of the molecule is Cc1nc(NC(=O)CN(CC[NH+](C)C)C(=O)C[C@H](C)CC(C)(C)C)sc1C. The summed E-state index contributed by atoms with van der Waals surface area (Å²) >= 11 is 1.46. The first-order chi connectivity index (χ1) is 12.4. The van der Waals surface area contributed by atoms with Gasteiger partial charge in [-0.2, -0.15) is 0 Å². The number of rotatable bonds is 9. The maximum Gasteiger partial charge on any atom is 0.245 e. The second kappa shape index (κ2) is 10.2. The lowest BCUT2D eigenvalue weighted by Gasteiger charge is -2.27. The molecule has 0 saturated carbocycles. The molecule has 0 aliphatic carbocycles. The number of hydrogen-bond acceptors (Lipinski definition) is 4. The van der Waals surface area contributed by atoms with Gasteiger partial charge in [-0.25, -0.2) is 4.98 Å². The summed E-state index contributed by atoms with van der Waals surface area (Å²) in [7, 11) is 4.10. The lowest BCUT2D eigenvalue weighted by molar-refractivity contribution is -0.857. The third kappa shape index (κ3) is 9.33. The molecule has 1 aromatic rings. The Balaban J connectivity index is 2.71. The van der Waals surface area contributed by atoms with Gasteiger partial charge >= 0.3 is 0 Å². The van der Waals surface area contributed by atoms with Crippen molar-refractivity contribution in [1.29, 1.82) is 0 Å². The summed E-state index contributed by atoms with van der Waals surface area (Å²) in [5.74, 6) is 0.156. The fourth-order valence-corrected chi connectivity index (χ4v) is 3.88.